The summed E-state index contributed by atoms with van der Waals surface area (Å²) in [5.74, 6) is -0.287. The Morgan fingerprint density at radius 2 is 1.50 bits per heavy atom. The van der Waals surface area contributed by atoms with Crippen LogP contribution in [0, 0.1) is 0 Å². The van der Waals surface area contributed by atoms with E-state index in [1.165, 1.54) is 51.4 Å². The Labute approximate surface area is 187 Å². The number of carbonyl (C=O) groups is 1. The Balaban J connectivity index is 1.63. The average Bonchev–Trinajstić information content (AvgIpc) is 2.77. The van der Waals surface area contributed by atoms with Gasteiger partial charge in [0.25, 0.3) is 0 Å². The number of hydrogen-bond acceptors (Lipinski definition) is 3. The molecule has 2 aromatic carbocycles. The van der Waals surface area contributed by atoms with Crippen LogP contribution in [0.5, 0.6) is 0 Å². The van der Waals surface area contributed by atoms with Crippen LogP contribution in [-0.2, 0) is 11.3 Å². The molecule has 0 aliphatic heterocycles. The molecule has 0 atom stereocenters. The van der Waals surface area contributed by atoms with Gasteiger partial charge < -0.3 is 10.1 Å². The molecule has 30 heavy (non-hydrogen) atoms. The molecule has 0 amide bonds. The fraction of sp³-hybridized carbons (Fsp3) is 0.500. The predicted octanol–water partition coefficient (Wildman–Crippen LogP) is 8.03. The molecule has 0 aliphatic rings. The molecule has 0 aliphatic carbocycles. The molecule has 1 N–H and O–H groups in total. The Kier molecular flexibility index (Phi) is 12.1. The van der Waals surface area contributed by atoms with Crippen LogP contribution in [0.1, 0.15) is 87.1 Å². The van der Waals surface area contributed by atoms with Gasteiger partial charge in [-0.25, -0.2) is 4.79 Å². The van der Waals surface area contributed by atoms with E-state index in [1.807, 2.05) is 30.3 Å². The number of rotatable bonds is 15. The van der Waals surface area contributed by atoms with Crippen molar-refractivity contribution in [3.05, 3.63) is 64.7 Å². The second-order valence-electron chi connectivity index (χ2n) is 7.85. The van der Waals surface area contributed by atoms with Crippen molar-refractivity contribution in [2.45, 2.75) is 77.7 Å². The fourth-order valence-corrected chi connectivity index (χ4v) is 3.60. The maximum atomic E-state index is 12.3. The maximum Gasteiger partial charge on any atom is 0.338 e. The lowest BCUT2D eigenvalue weighted by molar-refractivity contribution is 0.0497. The van der Waals surface area contributed by atoms with E-state index in [1.54, 1.807) is 18.2 Å². The molecule has 2 aromatic rings. The van der Waals surface area contributed by atoms with Crippen molar-refractivity contribution < 1.29 is 9.53 Å². The highest BCUT2D eigenvalue weighted by Crippen LogP contribution is 2.24. The number of carbonyl (C=O) groups excluding carboxylic acids is 1. The van der Waals surface area contributed by atoms with Crippen LogP contribution in [0.3, 0.4) is 0 Å². The zero-order valence-electron chi connectivity index (χ0n) is 18.3. The molecule has 3 nitrogen and oxygen atoms in total. The van der Waals surface area contributed by atoms with E-state index in [4.69, 9.17) is 16.3 Å². The molecule has 0 bridgehead atoms. The zero-order valence-corrected chi connectivity index (χ0v) is 19.1. The van der Waals surface area contributed by atoms with Crippen molar-refractivity contribution in [3.8, 4) is 0 Å². The third kappa shape index (κ3) is 9.67. The lowest BCUT2D eigenvalue weighted by Crippen LogP contribution is -2.08. The summed E-state index contributed by atoms with van der Waals surface area (Å²) in [6.07, 6.45) is 12.6. The summed E-state index contributed by atoms with van der Waals surface area (Å²) in [5.41, 5.74) is 2.43. The molecule has 0 saturated carbocycles. The summed E-state index contributed by atoms with van der Waals surface area (Å²) in [4.78, 5) is 12.3. The smallest absolute Gasteiger partial charge is 0.338 e. The summed E-state index contributed by atoms with van der Waals surface area (Å²) in [6.45, 7) is 3.38. The predicted molar refractivity (Wildman–Crippen MR) is 127 cm³/mol. The van der Waals surface area contributed by atoms with Crippen molar-refractivity contribution in [3.63, 3.8) is 0 Å². The minimum atomic E-state index is -0.287. The van der Waals surface area contributed by atoms with Crippen LogP contribution in [0.4, 0.5) is 5.69 Å². The minimum Gasteiger partial charge on any atom is -0.462 e. The Hall–Kier alpha value is -2.00. The zero-order chi connectivity index (χ0) is 21.4. The molecule has 0 saturated heterocycles. The molecular formula is C26H36ClNO2. The SMILES string of the molecule is CCCCCCCCCCCCOC(=O)c1ccc(Cl)c(NCc2ccccc2)c1. The Morgan fingerprint density at radius 3 is 2.17 bits per heavy atom. The van der Waals surface area contributed by atoms with E-state index in [2.05, 4.69) is 12.2 Å². The van der Waals surface area contributed by atoms with Gasteiger partial charge in [0, 0.05) is 6.54 Å². The number of hydrogen-bond donors (Lipinski definition) is 1. The molecule has 164 valence electrons. The first-order valence-corrected chi connectivity index (χ1v) is 11.8. The van der Waals surface area contributed by atoms with Crippen molar-refractivity contribution in [1.29, 1.82) is 0 Å². The Bertz CT molecular complexity index is 733. The highest BCUT2D eigenvalue weighted by Gasteiger charge is 2.10. The first-order chi connectivity index (χ1) is 14.7. The number of benzene rings is 2. The van der Waals surface area contributed by atoms with Crippen molar-refractivity contribution in [1.82, 2.24) is 0 Å². The van der Waals surface area contributed by atoms with Gasteiger partial charge >= 0.3 is 5.97 Å². The van der Waals surface area contributed by atoms with Crippen LogP contribution >= 0.6 is 11.6 Å². The molecule has 0 spiro atoms. The second kappa shape index (κ2) is 14.9. The minimum absolute atomic E-state index is 0.287. The lowest BCUT2D eigenvalue weighted by atomic mass is 10.1. The first kappa shape index (κ1) is 24.3. The topological polar surface area (TPSA) is 38.3 Å². The van der Waals surface area contributed by atoms with E-state index >= 15 is 0 Å². The summed E-state index contributed by atoms with van der Waals surface area (Å²) in [5, 5.41) is 3.89. The van der Waals surface area contributed by atoms with Gasteiger partial charge in [0.05, 0.1) is 22.9 Å². The van der Waals surface area contributed by atoms with Gasteiger partial charge in [0.2, 0.25) is 0 Å². The number of esters is 1. The second-order valence-corrected chi connectivity index (χ2v) is 8.26. The molecule has 0 fully saturated rings. The standard InChI is InChI=1S/C26H36ClNO2/c1-2-3-4-5-6-7-8-9-10-14-19-30-26(29)23-17-18-24(27)25(20-23)28-21-22-15-12-11-13-16-22/h11-13,15-18,20,28H,2-10,14,19,21H2,1H3. The van der Waals surface area contributed by atoms with Crippen LogP contribution in [0.25, 0.3) is 0 Å². The number of unbranched alkanes of at least 4 members (excludes halogenated alkanes) is 9. The number of anilines is 1. The molecule has 0 unspecified atom stereocenters. The van der Waals surface area contributed by atoms with Gasteiger partial charge in [-0.3, -0.25) is 0 Å². The largest absolute Gasteiger partial charge is 0.462 e. The molecule has 0 aromatic heterocycles. The third-order valence-electron chi connectivity index (χ3n) is 5.26. The van der Waals surface area contributed by atoms with Gasteiger partial charge in [-0.1, -0.05) is 107 Å². The molecular weight excluding hydrogens is 394 g/mol. The first-order valence-electron chi connectivity index (χ1n) is 11.4. The van der Waals surface area contributed by atoms with E-state index < -0.39 is 0 Å². The summed E-state index contributed by atoms with van der Waals surface area (Å²) in [6, 6.07) is 15.3. The van der Waals surface area contributed by atoms with Crippen LogP contribution in [-0.4, -0.2) is 12.6 Å². The van der Waals surface area contributed by atoms with Crippen molar-refractivity contribution in [2.24, 2.45) is 0 Å². The summed E-state index contributed by atoms with van der Waals surface area (Å²) in [7, 11) is 0. The van der Waals surface area contributed by atoms with Crippen molar-refractivity contribution >= 4 is 23.3 Å². The highest BCUT2D eigenvalue weighted by molar-refractivity contribution is 6.33. The lowest BCUT2D eigenvalue weighted by Gasteiger charge is -2.11. The van der Waals surface area contributed by atoms with Gasteiger partial charge in [-0.05, 0) is 30.2 Å². The monoisotopic (exact) mass is 429 g/mol. The van der Waals surface area contributed by atoms with Crippen molar-refractivity contribution in [2.75, 3.05) is 11.9 Å². The van der Waals surface area contributed by atoms with Gasteiger partial charge in [0.15, 0.2) is 0 Å². The van der Waals surface area contributed by atoms with Crippen LogP contribution in [0.2, 0.25) is 5.02 Å². The van der Waals surface area contributed by atoms with E-state index in [-0.39, 0.29) is 5.97 Å². The number of nitrogens with one attached hydrogen (secondary N) is 1. The molecule has 4 heteroatoms. The average molecular weight is 430 g/mol. The highest BCUT2D eigenvalue weighted by atomic mass is 35.5. The van der Waals surface area contributed by atoms with Gasteiger partial charge in [0.1, 0.15) is 0 Å². The normalized spacial score (nSPS) is 10.7. The van der Waals surface area contributed by atoms with Gasteiger partial charge in [-0.15, -0.1) is 0 Å². The van der Waals surface area contributed by atoms with Gasteiger partial charge in [-0.2, -0.15) is 0 Å². The van der Waals surface area contributed by atoms with Crippen LogP contribution < -0.4 is 5.32 Å². The van der Waals surface area contributed by atoms with E-state index in [0.717, 1.165) is 24.1 Å². The van der Waals surface area contributed by atoms with E-state index in [0.29, 0.717) is 23.7 Å². The fourth-order valence-electron chi connectivity index (χ4n) is 3.42. The summed E-state index contributed by atoms with van der Waals surface area (Å²) < 4.78 is 5.45. The van der Waals surface area contributed by atoms with Crippen LogP contribution in [0.15, 0.2) is 48.5 Å². The quantitative estimate of drug-likeness (QED) is 0.230. The number of ether oxygens (including phenoxy) is 1. The van der Waals surface area contributed by atoms with E-state index in [9.17, 15) is 4.79 Å². The molecule has 0 radical (unpaired) electrons. The molecule has 0 heterocycles. The Morgan fingerprint density at radius 1 is 0.867 bits per heavy atom. The maximum absolute atomic E-state index is 12.3. The molecule has 2 rings (SSSR count). The third-order valence-corrected chi connectivity index (χ3v) is 5.59. The number of halogens is 1. The summed E-state index contributed by atoms with van der Waals surface area (Å²) >= 11 is 6.28.